The van der Waals surface area contributed by atoms with Gasteiger partial charge in [-0.2, -0.15) is 4.98 Å². The molecule has 1 fully saturated rings. The van der Waals surface area contributed by atoms with Crippen LogP contribution in [0.2, 0.25) is 0 Å². The van der Waals surface area contributed by atoms with Gasteiger partial charge in [0, 0.05) is 31.3 Å². The standard InChI is InChI=1S/C20H20N4O4/c1-13(25)21-17-6-4-14(5-7-17)18-22-19(28-23-18)15-3-2-9-24(11-15)20(26)16-8-10-27-12-16/h4-8,10,12,15H,2-3,9,11H2,1H3,(H,21,25). The van der Waals surface area contributed by atoms with Gasteiger partial charge in [-0.15, -0.1) is 0 Å². The minimum Gasteiger partial charge on any atom is -0.472 e. The van der Waals surface area contributed by atoms with Crippen LogP contribution in [0, 0.1) is 0 Å². The molecule has 2 aromatic heterocycles. The number of furan rings is 1. The number of aromatic nitrogens is 2. The first-order valence-corrected chi connectivity index (χ1v) is 9.13. The third kappa shape index (κ3) is 3.80. The van der Waals surface area contributed by atoms with Gasteiger partial charge < -0.3 is 19.2 Å². The van der Waals surface area contributed by atoms with Crippen molar-refractivity contribution in [2.75, 3.05) is 18.4 Å². The topological polar surface area (TPSA) is 101 Å². The molecule has 1 saturated heterocycles. The molecule has 1 aliphatic heterocycles. The van der Waals surface area contributed by atoms with Crippen LogP contribution in [0.5, 0.6) is 0 Å². The van der Waals surface area contributed by atoms with Crippen molar-refractivity contribution in [1.29, 1.82) is 0 Å². The molecule has 0 radical (unpaired) electrons. The summed E-state index contributed by atoms with van der Waals surface area (Å²) in [6.45, 7) is 2.70. The van der Waals surface area contributed by atoms with Gasteiger partial charge in [0.1, 0.15) is 6.26 Å². The molecule has 3 heterocycles. The molecular formula is C20H20N4O4. The minimum absolute atomic E-state index is 0.00417. The SMILES string of the molecule is CC(=O)Nc1ccc(-c2noc(C3CCCN(C(=O)c4ccoc4)C3)n2)cc1. The fourth-order valence-electron chi connectivity index (χ4n) is 3.36. The van der Waals surface area contributed by atoms with E-state index in [-0.39, 0.29) is 17.7 Å². The lowest BCUT2D eigenvalue weighted by molar-refractivity contribution is -0.114. The second-order valence-electron chi connectivity index (χ2n) is 6.82. The van der Waals surface area contributed by atoms with Gasteiger partial charge in [-0.05, 0) is 43.2 Å². The van der Waals surface area contributed by atoms with Gasteiger partial charge in [0.15, 0.2) is 0 Å². The summed E-state index contributed by atoms with van der Waals surface area (Å²) in [6.07, 6.45) is 4.72. The fraction of sp³-hybridized carbons (Fsp3) is 0.300. The van der Waals surface area contributed by atoms with Crippen LogP contribution in [-0.2, 0) is 4.79 Å². The van der Waals surface area contributed by atoms with Crippen molar-refractivity contribution in [1.82, 2.24) is 15.0 Å². The molecule has 144 valence electrons. The number of likely N-dealkylation sites (tertiary alicyclic amines) is 1. The Hall–Kier alpha value is -3.42. The molecule has 1 atom stereocenters. The highest BCUT2D eigenvalue weighted by atomic mass is 16.5. The predicted octanol–water partition coefficient (Wildman–Crippen LogP) is 3.31. The first kappa shape index (κ1) is 18.0. The van der Waals surface area contributed by atoms with Crippen molar-refractivity contribution in [3.63, 3.8) is 0 Å². The van der Waals surface area contributed by atoms with E-state index in [2.05, 4.69) is 15.5 Å². The number of hydrogen-bond donors (Lipinski definition) is 1. The predicted molar refractivity (Wildman–Crippen MR) is 101 cm³/mol. The highest BCUT2D eigenvalue weighted by molar-refractivity contribution is 5.94. The number of nitrogens with zero attached hydrogens (tertiary/aromatic N) is 3. The molecule has 4 rings (SSSR count). The number of rotatable bonds is 4. The number of amides is 2. The summed E-state index contributed by atoms with van der Waals surface area (Å²) in [4.78, 5) is 30.0. The van der Waals surface area contributed by atoms with Crippen molar-refractivity contribution in [2.24, 2.45) is 0 Å². The van der Waals surface area contributed by atoms with Crippen LogP contribution in [0.3, 0.4) is 0 Å². The van der Waals surface area contributed by atoms with Gasteiger partial charge in [-0.25, -0.2) is 0 Å². The van der Waals surface area contributed by atoms with Gasteiger partial charge >= 0.3 is 0 Å². The smallest absolute Gasteiger partial charge is 0.257 e. The molecular weight excluding hydrogens is 360 g/mol. The van der Waals surface area contributed by atoms with Crippen LogP contribution >= 0.6 is 0 Å². The van der Waals surface area contributed by atoms with E-state index < -0.39 is 0 Å². The molecule has 1 aliphatic rings. The lowest BCUT2D eigenvalue weighted by Gasteiger charge is -2.30. The third-order valence-electron chi connectivity index (χ3n) is 4.73. The van der Waals surface area contributed by atoms with Crippen LogP contribution in [0.15, 0.2) is 51.8 Å². The zero-order chi connectivity index (χ0) is 19.5. The van der Waals surface area contributed by atoms with Crippen LogP contribution in [-0.4, -0.2) is 39.9 Å². The first-order valence-electron chi connectivity index (χ1n) is 9.13. The molecule has 0 saturated carbocycles. The second kappa shape index (κ2) is 7.67. The van der Waals surface area contributed by atoms with Gasteiger partial charge in [0.2, 0.25) is 17.6 Å². The summed E-state index contributed by atoms with van der Waals surface area (Å²) >= 11 is 0. The average Bonchev–Trinajstić information content (AvgIpc) is 3.40. The Labute approximate surface area is 161 Å². The highest BCUT2D eigenvalue weighted by Crippen LogP contribution is 2.28. The van der Waals surface area contributed by atoms with Crippen molar-refractivity contribution < 1.29 is 18.5 Å². The van der Waals surface area contributed by atoms with Crippen LogP contribution in [0.25, 0.3) is 11.4 Å². The normalized spacial score (nSPS) is 16.8. The van der Waals surface area contributed by atoms with Gasteiger partial charge in [-0.3, -0.25) is 9.59 Å². The van der Waals surface area contributed by atoms with Crippen molar-refractivity contribution in [3.8, 4) is 11.4 Å². The lowest BCUT2D eigenvalue weighted by atomic mass is 9.97. The van der Waals surface area contributed by atoms with E-state index in [4.69, 9.17) is 8.94 Å². The van der Waals surface area contributed by atoms with Crippen molar-refractivity contribution >= 4 is 17.5 Å². The van der Waals surface area contributed by atoms with E-state index in [1.165, 1.54) is 19.5 Å². The molecule has 0 aliphatic carbocycles. The molecule has 3 aromatic rings. The van der Waals surface area contributed by atoms with Crippen LogP contribution < -0.4 is 5.32 Å². The maximum atomic E-state index is 12.5. The number of carbonyl (C=O) groups is 2. The quantitative estimate of drug-likeness (QED) is 0.745. The zero-order valence-electron chi connectivity index (χ0n) is 15.4. The fourth-order valence-corrected chi connectivity index (χ4v) is 3.36. The molecule has 1 aromatic carbocycles. The Morgan fingerprint density at radius 1 is 1.21 bits per heavy atom. The minimum atomic E-state index is -0.124. The Kier molecular flexibility index (Phi) is 4.92. The Bertz CT molecular complexity index is 963. The molecule has 0 bridgehead atoms. The largest absolute Gasteiger partial charge is 0.472 e. The molecule has 1 unspecified atom stereocenters. The lowest BCUT2D eigenvalue weighted by Crippen LogP contribution is -2.39. The highest BCUT2D eigenvalue weighted by Gasteiger charge is 2.29. The molecule has 1 N–H and O–H groups in total. The maximum absolute atomic E-state index is 12.5. The van der Waals surface area contributed by atoms with E-state index in [9.17, 15) is 9.59 Å². The van der Waals surface area contributed by atoms with Crippen molar-refractivity contribution in [2.45, 2.75) is 25.7 Å². The summed E-state index contributed by atoms with van der Waals surface area (Å²) < 4.78 is 10.5. The summed E-state index contributed by atoms with van der Waals surface area (Å²) in [5.74, 6) is 0.853. The Balaban J connectivity index is 1.46. The van der Waals surface area contributed by atoms with Crippen LogP contribution in [0.4, 0.5) is 5.69 Å². The number of anilines is 1. The number of hydrogen-bond acceptors (Lipinski definition) is 6. The van der Waals surface area contributed by atoms with Gasteiger partial charge in [-0.1, -0.05) is 5.16 Å². The summed E-state index contributed by atoms with van der Waals surface area (Å²) in [5.41, 5.74) is 2.05. The number of carbonyl (C=O) groups excluding carboxylic acids is 2. The Morgan fingerprint density at radius 2 is 2.04 bits per heavy atom. The van der Waals surface area contributed by atoms with E-state index in [0.29, 0.717) is 36.1 Å². The first-order chi connectivity index (χ1) is 13.6. The Morgan fingerprint density at radius 3 is 2.75 bits per heavy atom. The van der Waals surface area contributed by atoms with Crippen molar-refractivity contribution in [3.05, 3.63) is 54.3 Å². The monoisotopic (exact) mass is 380 g/mol. The number of piperidine rings is 1. The molecule has 28 heavy (non-hydrogen) atoms. The zero-order valence-corrected chi connectivity index (χ0v) is 15.4. The van der Waals surface area contributed by atoms with E-state index in [0.717, 1.165) is 18.4 Å². The van der Waals surface area contributed by atoms with Gasteiger partial charge in [0.05, 0.1) is 17.7 Å². The average molecular weight is 380 g/mol. The summed E-state index contributed by atoms with van der Waals surface area (Å²) in [6, 6.07) is 8.91. The maximum Gasteiger partial charge on any atom is 0.257 e. The van der Waals surface area contributed by atoms with Crippen LogP contribution in [0.1, 0.15) is 41.9 Å². The van der Waals surface area contributed by atoms with Gasteiger partial charge in [0.25, 0.3) is 5.91 Å². The van der Waals surface area contributed by atoms with E-state index >= 15 is 0 Å². The number of nitrogens with one attached hydrogen (secondary N) is 1. The summed E-state index contributed by atoms with van der Waals surface area (Å²) in [7, 11) is 0. The molecule has 0 spiro atoms. The second-order valence-corrected chi connectivity index (χ2v) is 6.82. The molecule has 8 heteroatoms. The number of benzene rings is 1. The summed E-state index contributed by atoms with van der Waals surface area (Å²) in [5, 5.41) is 6.80. The van der Waals surface area contributed by atoms with E-state index in [1.807, 2.05) is 12.1 Å². The van der Waals surface area contributed by atoms with E-state index in [1.54, 1.807) is 23.1 Å². The third-order valence-corrected chi connectivity index (χ3v) is 4.73. The molecule has 8 nitrogen and oxygen atoms in total. The molecule has 2 amide bonds.